The average Bonchev–Trinajstić information content (AvgIpc) is 2.38. The van der Waals surface area contributed by atoms with Crippen LogP contribution in [-0.2, 0) is 16.2 Å². The minimum atomic E-state index is -0.501. The first-order valence-corrected chi connectivity index (χ1v) is 6.26. The van der Waals surface area contributed by atoms with Crippen molar-refractivity contribution in [3.05, 3.63) is 35.9 Å². The lowest BCUT2D eigenvalue weighted by molar-refractivity contribution is -0.112. The van der Waals surface area contributed by atoms with Crippen molar-refractivity contribution >= 4 is 11.6 Å². The molecule has 1 aromatic carbocycles. The van der Waals surface area contributed by atoms with Crippen molar-refractivity contribution < 1.29 is 9.63 Å². The van der Waals surface area contributed by atoms with Crippen LogP contribution < -0.4 is 5.73 Å². The summed E-state index contributed by atoms with van der Waals surface area (Å²) >= 11 is 0. The Morgan fingerprint density at radius 1 is 1.28 bits per heavy atom. The van der Waals surface area contributed by atoms with Crippen molar-refractivity contribution in [3.8, 4) is 0 Å². The summed E-state index contributed by atoms with van der Waals surface area (Å²) in [5, 5.41) is 3.83. The van der Waals surface area contributed by atoms with E-state index in [9.17, 15) is 4.79 Å². The van der Waals surface area contributed by atoms with Gasteiger partial charge in [-0.2, -0.15) is 0 Å². The van der Waals surface area contributed by atoms with Gasteiger partial charge in [0.2, 0.25) is 0 Å². The highest BCUT2D eigenvalue weighted by Gasteiger charge is 2.07. The number of nitrogens with two attached hydrogens (primary N) is 1. The molecule has 0 atom stereocenters. The van der Waals surface area contributed by atoms with Gasteiger partial charge < -0.3 is 10.6 Å². The van der Waals surface area contributed by atoms with Crippen LogP contribution in [0.1, 0.15) is 38.2 Å². The summed E-state index contributed by atoms with van der Waals surface area (Å²) < 4.78 is 0. The fourth-order valence-corrected chi connectivity index (χ4v) is 1.52. The molecule has 18 heavy (non-hydrogen) atoms. The first-order chi connectivity index (χ1) is 8.74. The number of amides is 1. The number of nitrogens with zero attached hydrogens (tertiary/aromatic N) is 1. The third-order valence-electron chi connectivity index (χ3n) is 2.55. The Morgan fingerprint density at radius 3 is 2.61 bits per heavy atom. The predicted molar refractivity (Wildman–Crippen MR) is 72.0 cm³/mol. The lowest BCUT2D eigenvalue weighted by atomic mass is 10.1. The summed E-state index contributed by atoms with van der Waals surface area (Å²) in [6, 6.07) is 9.68. The summed E-state index contributed by atoms with van der Waals surface area (Å²) in [5.41, 5.74) is 6.58. The molecule has 1 aromatic rings. The quantitative estimate of drug-likeness (QED) is 0.436. The van der Waals surface area contributed by atoms with E-state index < -0.39 is 5.91 Å². The van der Waals surface area contributed by atoms with Crippen molar-refractivity contribution in [1.29, 1.82) is 0 Å². The maximum Gasteiger partial charge on any atom is 0.266 e. The van der Waals surface area contributed by atoms with E-state index in [-0.39, 0.29) is 0 Å². The largest absolute Gasteiger partial charge is 0.391 e. The Bertz CT molecular complexity index is 388. The fraction of sp³-hybridized carbons (Fsp3) is 0.429. The number of carbonyl (C=O) groups excluding carboxylic acids is 1. The van der Waals surface area contributed by atoms with Gasteiger partial charge in [0.1, 0.15) is 12.3 Å². The number of primary amides is 1. The van der Waals surface area contributed by atoms with E-state index >= 15 is 0 Å². The summed E-state index contributed by atoms with van der Waals surface area (Å²) in [6.07, 6.45) is 3.65. The highest BCUT2D eigenvalue weighted by Crippen LogP contribution is 2.04. The van der Waals surface area contributed by atoms with Crippen molar-refractivity contribution in [2.24, 2.45) is 10.9 Å². The molecule has 0 heterocycles. The van der Waals surface area contributed by atoms with Crippen molar-refractivity contribution in [2.75, 3.05) is 0 Å². The first-order valence-electron chi connectivity index (χ1n) is 6.26. The molecule has 98 valence electrons. The van der Waals surface area contributed by atoms with Crippen LogP contribution in [0.15, 0.2) is 35.5 Å². The van der Waals surface area contributed by atoms with Gasteiger partial charge in [0.25, 0.3) is 5.91 Å². The minimum absolute atomic E-state index is 0.319. The lowest BCUT2D eigenvalue weighted by Gasteiger charge is -2.03. The lowest BCUT2D eigenvalue weighted by Crippen LogP contribution is -2.23. The predicted octanol–water partition coefficient (Wildman–Crippen LogP) is 2.62. The number of hydrogen-bond acceptors (Lipinski definition) is 3. The molecule has 0 saturated heterocycles. The van der Waals surface area contributed by atoms with Crippen molar-refractivity contribution in [1.82, 2.24) is 0 Å². The van der Waals surface area contributed by atoms with Crippen LogP contribution in [0, 0.1) is 0 Å². The second kappa shape index (κ2) is 8.28. The average molecular weight is 248 g/mol. The standard InChI is InChI=1S/C14H20N2O2/c1-2-3-5-10-13(14(15)17)16-18-11-12-8-6-4-7-9-12/h4,6-9H,2-3,5,10-11H2,1H3,(H2,15,17)/b16-13+. The van der Waals surface area contributed by atoms with Crippen LogP contribution in [0.5, 0.6) is 0 Å². The second-order valence-electron chi connectivity index (χ2n) is 4.12. The van der Waals surface area contributed by atoms with E-state index in [0.29, 0.717) is 18.7 Å². The summed E-state index contributed by atoms with van der Waals surface area (Å²) in [5.74, 6) is -0.501. The molecule has 4 heteroatoms. The normalized spacial score (nSPS) is 11.3. The maximum atomic E-state index is 11.1. The van der Waals surface area contributed by atoms with Crippen LogP contribution in [-0.4, -0.2) is 11.6 Å². The van der Waals surface area contributed by atoms with E-state index in [0.717, 1.165) is 24.8 Å². The number of oxime groups is 1. The first kappa shape index (κ1) is 14.2. The maximum absolute atomic E-state index is 11.1. The number of carbonyl (C=O) groups is 1. The van der Waals surface area contributed by atoms with Gasteiger partial charge in [-0.25, -0.2) is 0 Å². The molecule has 2 N–H and O–H groups in total. The zero-order valence-electron chi connectivity index (χ0n) is 10.8. The van der Waals surface area contributed by atoms with Crippen molar-refractivity contribution in [2.45, 2.75) is 39.2 Å². The van der Waals surface area contributed by atoms with Crippen LogP contribution in [0.2, 0.25) is 0 Å². The topological polar surface area (TPSA) is 64.7 Å². The zero-order chi connectivity index (χ0) is 13.2. The Morgan fingerprint density at radius 2 is 2.00 bits per heavy atom. The molecule has 0 bridgehead atoms. The van der Waals surface area contributed by atoms with E-state index in [4.69, 9.17) is 10.6 Å². The van der Waals surface area contributed by atoms with Gasteiger partial charge in [-0.05, 0) is 18.4 Å². The molecule has 0 aliphatic rings. The molecule has 4 nitrogen and oxygen atoms in total. The number of rotatable bonds is 8. The molecule has 0 aromatic heterocycles. The number of hydrogen-bond donors (Lipinski definition) is 1. The third kappa shape index (κ3) is 5.48. The molecule has 0 fully saturated rings. The fourth-order valence-electron chi connectivity index (χ4n) is 1.52. The van der Waals surface area contributed by atoms with E-state index in [1.165, 1.54) is 0 Å². The molecule has 0 spiro atoms. The van der Waals surface area contributed by atoms with Crippen LogP contribution in [0.3, 0.4) is 0 Å². The number of unbranched alkanes of at least 4 members (excludes halogenated alkanes) is 2. The molecular formula is C14H20N2O2. The highest BCUT2D eigenvalue weighted by molar-refractivity contribution is 6.38. The number of benzene rings is 1. The van der Waals surface area contributed by atoms with Crippen molar-refractivity contribution in [3.63, 3.8) is 0 Å². The van der Waals surface area contributed by atoms with E-state index in [1.54, 1.807) is 0 Å². The Kier molecular flexibility index (Phi) is 6.54. The van der Waals surface area contributed by atoms with Gasteiger partial charge in [0, 0.05) is 0 Å². The summed E-state index contributed by atoms with van der Waals surface area (Å²) in [7, 11) is 0. The van der Waals surface area contributed by atoms with Gasteiger partial charge in [-0.15, -0.1) is 0 Å². The molecular weight excluding hydrogens is 228 g/mol. The van der Waals surface area contributed by atoms with Gasteiger partial charge in [0.15, 0.2) is 0 Å². The molecule has 0 aliphatic carbocycles. The molecule has 0 unspecified atom stereocenters. The minimum Gasteiger partial charge on any atom is -0.391 e. The van der Waals surface area contributed by atoms with Gasteiger partial charge in [-0.1, -0.05) is 55.3 Å². The molecule has 0 saturated carbocycles. The van der Waals surface area contributed by atoms with E-state index in [1.807, 2.05) is 30.3 Å². The smallest absolute Gasteiger partial charge is 0.266 e. The summed E-state index contributed by atoms with van der Waals surface area (Å²) in [6.45, 7) is 2.46. The second-order valence-corrected chi connectivity index (χ2v) is 4.12. The van der Waals surface area contributed by atoms with Gasteiger partial charge in [-0.3, -0.25) is 4.79 Å². The molecule has 1 rings (SSSR count). The van der Waals surface area contributed by atoms with E-state index in [2.05, 4.69) is 12.1 Å². The molecule has 1 amide bonds. The third-order valence-corrected chi connectivity index (χ3v) is 2.55. The van der Waals surface area contributed by atoms with Crippen LogP contribution in [0.4, 0.5) is 0 Å². The SMILES string of the molecule is CCCCC/C(=N\OCc1ccccc1)C(N)=O. The van der Waals surface area contributed by atoms with Crippen LogP contribution >= 0.6 is 0 Å². The highest BCUT2D eigenvalue weighted by atomic mass is 16.6. The Balaban J connectivity index is 2.43. The summed E-state index contributed by atoms with van der Waals surface area (Å²) in [4.78, 5) is 16.3. The van der Waals surface area contributed by atoms with Crippen LogP contribution in [0.25, 0.3) is 0 Å². The van der Waals surface area contributed by atoms with Gasteiger partial charge >= 0.3 is 0 Å². The molecule has 0 aliphatic heterocycles. The molecule has 0 radical (unpaired) electrons. The zero-order valence-corrected chi connectivity index (χ0v) is 10.8. The Hall–Kier alpha value is -1.84. The Labute approximate surface area is 108 Å². The van der Waals surface area contributed by atoms with Gasteiger partial charge in [0.05, 0.1) is 0 Å². The monoisotopic (exact) mass is 248 g/mol.